The fourth-order valence-corrected chi connectivity index (χ4v) is 2.89. The van der Waals surface area contributed by atoms with Crippen LogP contribution < -0.4 is 5.73 Å². The van der Waals surface area contributed by atoms with E-state index in [0.717, 1.165) is 30.8 Å². The summed E-state index contributed by atoms with van der Waals surface area (Å²) in [6, 6.07) is 4.87. The molecule has 2 rings (SSSR count). The standard InChI is InChI=1S/C15H23FN2O/c1-11-8-18(10-15(2,3)19-11)9-12-4-5-14(16)6-13(12)7-17/h4-6,11H,7-10,17H2,1-3H3. The van der Waals surface area contributed by atoms with Gasteiger partial charge in [0.15, 0.2) is 0 Å². The van der Waals surface area contributed by atoms with Crippen LogP contribution in [0.4, 0.5) is 4.39 Å². The SMILES string of the molecule is CC1CN(Cc2ccc(F)cc2CN)CC(C)(C)O1. The van der Waals surface area contributed by atoms with E-state index in [1.165, 1.54) is 12.1 Å². The van der Waals surface area contributed by atoms with Gasteiger partial charge >= 0.3 is 0 Å². The molecule has 0 bridgehead atoms. The van der Waals surface area contributed by atoms with Crippen LogP contribution in [0.1, 0.15) is 31.9 Å². The molecule has 1 unspecified atom stereocenters. The summed E-state index contributed by atoms with van der Waals surface area (Å²) in [6.45, 7) is 9.22. The maximum atomic E-state index is 13.2. The van der Waals surface area contributed by atoms with Gasteiger partial charge in [0.25, 0.3) is 0 Å². The number of halogens is 1. The number of benzene rings is 1. The Kier molecular flexibility index (Phi) is 4.23. The van der Waals surface area contributed by atoms with Crippen molar-refractivity contribution in [1.29, 1.82) is 0 Å². The monoisotopic (exact) mass is 266 g/mol. The highest BCUT2D eigenvalue weighted by atomic mass is 19.1. The number of rotatable bonds is 3. The fourth-order valence-electron chi connectivity index (χ4n) is 2.89. The Morgan fingerprint density at radius 2 is 2.16 bits per heavy atom. The molecule has 1 atom stereocenters. The molecule has 2 N–H and O–H groups in total. The number of ether oxygens (including phenoxy) is 1. The molecule has 1 aromatic rings. The zero-order valence-corrected chi connectivity index (χ0v) is 11.9. The molecule has 1 aromatic carbocycles. The molecule has 0 amide bonds. The van der Waals surface area contributed by atoms with E-state index in [1.807, 2.05) is 6.07 Å². The molecular formula is C15H23FN2O. The minimum absolute atomic E-state index is 0.138. The van der Waals surface area contributed by atoms with Crippen molar-refractivity contribution in [2.45, 2.75) is 45.6 Å². The van der Waals surface area contributed by atoms with Gasteiger partial charge in [-0.1, -0.05) is 6.07 Å². The largest absolute Gasteiger partial charge is 0.370 e. The maximum absolute atomic E-state index is 13.2. The second-order valence-electron chi connectivity index (χ2n) is 5.97. The quantitative estimate of drug-likeness (QED) is 0.912. The first-order valence-electron chi connectivity index (χ1n) is 6.77. The van der Waals surface area contributed by atoms with Crippen molar-refractivity contribution in [3.63, 3.8) is 0 Å². The van der Waals surface area contributed by atoms with Gasteiger partial charge in [-0.15, -0.1) is 0 Å². The zero-order valence-electron chi connectivity index (χ0n) is 11.9. The van der Waals surface area contributed by atoms with Gasteiger partial charge in [-0.05, 0) is 44.0 Å². The summed E-state index contributed by atoms with van der Waals surface area (Å²) in [7, 11) is 0. The third-order valence-electron chi connectivity index (χ3n) is 3.42. The summed E-state index contributed by atoms with van der Waals surface area (Å²) in [6.07, 6.45) is 0.213. The molecule has 3 nitrogen and oxygen atoms in total. The average molecular weight is 266 g/mol. The van der Waals surface area contributed by atoms with Crippen LogP contribution in [0.15, 0.2) is 18.2 Å². The molecule has 1 heterocycles. The van der Waals surface area contributed by atoms with Gasteiger partial charge in [-0.25, -0.2) is 4.39 Å². The Morgan fingerprint density at radius 1 is 1.42 bits per heavy atom. The minimum atomic E-state index is -0.222. The summed E-state index contributed by atoms with van der Waals surface area (Å²) in [5, 5.41) is 0. The second kappa shape index (κ2) is 5.57. The molecule has 19 heavy (non-hydrogen) atoms. The second-order valence-corrected chi connectivity index (χ2v) is 5.97. The molecule has 0 radical (unpaired) electrons. The molecule has 1 aliphatic heterocycles. The Hall–Kier alpha value is -0.970. The van der Waals surface area contributed by atoms with Crippen LogP contribution >= 0.6 is 0 Å². The van der Waals surface area contributed by atoms with Crippen molar-refractivity contribution in [3.8, 4) is 0 Å². The van der Waals surface area contributed by atoms with Gasteiger partial charge in [0.1, 0.15) is 5.82 Å². The Bertz CT molecular complexity index is 448. The van der Waals surface area contributed by atoms with E-state index in [-0.39, 0.29) is 17.5 Å². The smallest absolute Gasteiger partial charge is 0.123 e. The summed E-state index contributed by atoms with van der Waals surface area (Å²) in [5.41, 5.74) is 7.55. The molecule has 106 valence electrons. The van der Waals surface area contributed by atoms with E-state index < -0.39 is 0 Å². The lowest BCUT2D eigenvalue weighted by Crippen LogP contribution is -2.51. The van der Waals surface area contributed by atoms with E-state index in [9.17, 15) is 4.39 Å². The summed E-state index contributed by atoms with van der Waals surface area (Å²) >= 11 is 0. The highest BCUT2D eigenvalue weighted by Crippen LogP contribution is 2.23. The third kappa shape index (κ3) is 3.75. The lowest BCUT2D eigenvalue weighted by Gasteiger charge is -2.42. The van der Waals surface area contributed by atoms with Crippen LogP contribution in [-0.2, 0) is 17.8 Å². The predicted octanol–water partition coefficient (Wildman–Crippen LogP) is 2.28. The molecule has 0 aromatic heterocycles. The highest BCUT2D eigenvalue weighted by molar-refractivity contribution is 5.27. The van der Waals surface area contributed by atoms with Crippen LogP contribution in [-0.4, -0.2) is 29.7 Å². The van der Waals surface area contributed by atoms with Crippen LogP contribution in [0.2, 0.25) is 0 Å². The lowest BCUT2D eigenvalue weighted by atomic mass is 10.0. The van der Waals surface area contributed by atoms with Gasteiger partial charge in [-0.2, -0.15) is 0 Å². The maximum Gasteiger partial charge on any atom is 0.123 e. The summed E-state index contributed by atoms with van der Waals surface area (Å²) in [4.78, 5) is 2.35. The lowest BCUT2D eigenvalue weighted by molar-refractivity contribution is -0.130. The molecule has 1 saturated heterocycles. The van der Waals surface area contributed by atoms with E-state index in [2.05, 4.69) is 25.7 Å². The molecule has 0 saturated carbocycles. The number of hydrogen-bond donors (Lipinski definition) is 1. The minimum Gasteiger partial charge on any atom is -0.370 e. The third-order valence-corrected chi connectivity index (χ3v) is 3.42. The fraction of sp³-hybridized carbons (Fsp3) is 0.600. The van der Waals surface area contributed by atoms with Gasteiger partial charge in [-0.3, -0.25) is 4.90 Å². The number of nitrogens with two attached hydrogens (primary N) is 1. The van der Waals surface area contributed by atoms with E-state index in [0.29, 0.717) is 6.54 Å². The van der Waals surface area contributed by atoms with E-state index >= 15 is 0 Å². The molecule has 1 aliphatic rings. The number of hydrogen-bond acceptors (Lipinski definition) is 3. The predicted molar refractivity (Wildman–Crippen MR) is 74.2 cm³/mol. The van der Waals surface area contributed by atoms with Crippen molar-refractivity contribution in [3.05, 3.63) is 35.1 Å². The first kappa shape index (κ1) is 14.4. The van der Waals surface area contributed by atoms with Gasteiger partial charge in [0.2, 0.25) is 0 Å². The van der Waals surface area contributed by atoms with Crippen molar-refractivity contribution in [1.82, 2.24) is 4.90 Å². The van der Waals surface area contributed by atoms with Crippen molar-refractivity contribution < 1.29 is 9.13 Å². The summed E-state index contributed by atoms with van der Waals surface area (Å²) < 4.78 is 19.1. The Labute approximate surface area is 114 Å². The van der Waals surface area contributed by atoms with E-state index in [4.69, 9.17) is 10.5 Å². The van der Waals surface area contributed by atoms with Crippen molar-refractivity contribution >= 4 is 0 Å². The van der Waals surface area contributed by atoms with E-state index in [1.54, 1.807) is 0 Å². The first-order chi connectivity index (χ1) is 8.89. The average Bonchev–Trinajstić information content (AvgIpc) is 2.28. The Balaban J connectivity index is 2.12. The summed E-state index contributed by atoms with van der Waals surface area (Å²) in [5.74, 6) is -0.222. The van der Waals surface area contributed by atoms with Crippen LogP contribution in [0.5, 0.6) is 0 Å². The Morgan fingerprint density at radius 3 is 2.79 bits per heavy atom. The highest BCUT2D eigenvalue weighted by Gasteiger charge is 2.31. The van der Waals surface area contributed by atoms with Gasteiger partial charge in [0, 0.05) is 26.2 Å². The first-order valence-corrected chi connectivity index (χ1v) is 6.77. The van der Waals surface area contributed by atoms with Crippen LogP contribution in [0.3, 0.4) is 0 Å². The topological polar surface area (TPSA) is 38.5 Å². The zero-order chi connectivity index (χ0) is 14.0. The van der Waals surface area contributed by atoms with Crippen LogP contribution in [0.25, 0.3) is 0 Å². The molecule has 0 spiro atoms. The van der Waals surface area contributed by atoms with Gasteiger partial charge in [0.05, 0.1) is 11.7 Å². The number of nitrogens with zero attached hydrogens (tertiary/aromatic N) is 1. The van der Waals surface area contributed by atoms with Crippen LogP contribution in [0, 0.1) is 5.82 Å². The number of morpholine rings is 1. The molecular weight excluding hydrogens is 243 g/mol. The van der Waals surface area contributed by atoms with Crippen molar-refractivity contribution in [2.24, 2.45) is 5.73 Å². The normalized spacial score (nSPS) is 23.5. The van der Waals surface area contributed by atoms with Gasteiger partial charge < -0.3 is 10.5 Å². The molecule has 4 heteroatoms. The molecule has 0 aliphatic carbocycles. The molecule has 1 fully saturated rings. The van der Waals surface area contributed by atoms with Crippen molar-refractivity contribution in [2.75, 3.05) is 13.1 Å².